The summed E-state index contributed by atoms with van der Waals surface area (Å²) in [6, 6.07) is 54.0. The maximum atomic E-state index is 3.06. The molecule has 0 unspecified atom stereocenters. The second-order valence-electron chi connectivity index (χ2n) is 16.8. The van der Waals surface area contributed by atoms with E-state index in [-0.39, 0.29) is 39.7 Å². The van der Waals surface area contributed by atoms with Gasteiger partial charge in [-0.05, 0) is 82.0 Å². The first-order valence-corrected chi connectivity index (χ1v) is 24.2. The molecule has 0 amide bonds. The molecule has 2 fully saturated rings. The molecule has 8 aromatic rings. The molecule has 58 heavy (non-hydrogen) atoms. The zero-order valence-corrected chi connectivity index (χ0v) is 39.8. The molecule has 0 heterocycles. The summed E-state index contributed by atoms with van der Waals surface area (Å²) in [7, 11) is 0. The number of fused-ring (bicyclic) bond motifs is 4. The zero-order chi connectivity index (χ0) is 37.1. The third kappa shape index (κ3) is 10.0. The zero-order valence-electron chi connectivity index (χ0n) is 34.7. The average molecular weight is 897 g/mol. The Bertz CT molecular complexity index is 2360. The third-order valence-electron chi connectivity index (χ3n) is 12.7. The monoisotopic (exact) mass is 894 g/mol. The van der Waals surface area contributed by atoms with E-state index in [9.17, 15) is 0 Å². The number of hydrogen-bond acceptors (Lipinski definition) is 0. The summed E-state index contributed by atoms with van der Waals surface area (Å²) in [5, 5.41) is 10.9. The fourth-order valence-electron chi connectivity index (χ4n) is 9.98. The molecule has 0 bridgehead atoms. The van der Waals surface area contributed by atoms with Gasteiger partial charge in [0.25, 0.3) is 0 Å². The van der Waals surface area contributed by atoms with Crippen LogP contribution < -0.4 is 0 Å². The molecule has 0 aromatic heterocycles. The summed E-state index contributed by atoms with van der Waals surface area (Å²) in [4.78, 5) is 0. The Balaban J connectivity index is 0.000000231. The molecular formula is C54H58Cl2SiZr-4. The molecule has 0 spiro atoms. The third-order valence-corrected chi connectivity index (χ3v) is 12.7. The number of halogens is 2. The van der Waals surface area contributed by atoms with Crippen molar-refractivity contribution in [1.82, 2.24) is 0 Å². The molecular weight excluding hydrogens is 839 g/mol. The first-order valence-electron chi connectivity index (χ1n) is 20.0. The molecule has 0 aliphatic heterocycles. The molecule has 2 radical (unpaired) electrons. The van der Waals surface area contributed by atoms with Gasteiger partial charge in [-0.3, -0.25) is 0 Å². The normalized spacial score (nSPS) is 14.8. The van der Waals surface area contributed by atoms with E-state index in [2.05, 4.69) is 166 Å². The van der Waals surface area contributed by atoms with E-state index in [1.54, 1.807) is 0 Å². The van der Waals surface area contributed by atoms with E-state index < -0.39 is 0 Å². The van der Waals surface area contributed by atoms with Crippen molar-refractivity contribution in [3.05, 3.63) is 172 Å². The van der Waals surface area contributed by atoms with E-state index >= 15 is 0 Å². The quantitative estimate of drug-likeness (QED) is 0.115. The molecule has 2 saturated carbocycles. The van der Waals surface area contributed by atoms with Crippen molar-refractivity contribution in [1.29, 1.82) is 0 Å². The number of rotatable bonds is 6. The molecule has 0 atom stereocenters. The van der Waals surface area contributed by atoms with Gasteiger partial charge in [-0.1, -0.05) is 148 Å². The Kier molecular flexibility index (Phi) is 17.0. The van der Waals surface area contributed by atoms with Gasteiger partial charge in [-0.2, -0.15) is 12.1 Å². The summed E-state index contributed by atoms with van der Waals surface area (Å²) in [5.74, 6) is 0. The van der Waals surface area contributed by atoms with Crippen LogP contribution in [0.3, 0.4) is 0 Å². The van der Waals surface area contributed by atoms with Gasteiger partial charge in [0.05, 0.1) is 0 Å². The maximum absolute atomic E-state index is 3.06. The number of hydrogen-bond donors (Lipinski definition) is 0. The Hall–Kier alpha value is -3.26. The van der Waals surface area contributed by atoms with Crippen molar-refractivity contribution in [3.8, 4) is 22.3 Å². The van der Waals surface area contributed by atoms with Crippen LogP contribution in [0.5, 0.6) is 0 Å². The summed E-state index contributed by atoms with van der Waals surface area (Å²) < 4.78 is 0. The van der Waals surface area contributed by atoms with Gasteiger partial charge in [-0.15, -0.1) is 93.9 Å². The Morgan fingerprint density at radius 2 is 0.759 bits per heavy atom. The van der Waals surface area contributed by atoms with Crippen LogP contribution in [0.25, 0.3) is 65.3 Å². The van der Waals surface area contributed by atoms with E-state index in [4.69, 9.17) is 0 Å². The first-order chi connectivity index (χ1) is 26.4. The van der Waals surface area contributed by atoms with E-state index in [1.807, 2.05) is 0 Å². The van der Waals surface area contributed by atoms with Crippen LogP contribution in [0.4, 0.5) is 0 Å². The van der Waals surface area contributed by atoms with Crippen LogP contribution in [-0.2, 0) is 36.2 Å². The molecule has 8 aromatic carbocycles. The molecule has 0 saturated heterocycles. The minimum atomic E-state index is 0. The minimum absolute atomic E-state index is 0. The fraction of sp³-hybridized carbons (Fsp3) is 0.259. The molecule has 2 aliphatic rings. The second-order valence-corrected chi connectivity index (χ2v) is 16.8. The molecule has 0 nitrogen and oxygen atoms in total. The van der Waals surface area contributed by atoms with Crippen molar-refractivity contribution in [2.75, 3.05) is 0 Å². The predicted molar refractivity (Wildman–Crippen MR) is 259 cm³/mol. The van der Waals surface area contributed by atoms with Gasteiger partial charge in [0.1, 0.15) is 0 Å². The topological polar surface area (TPSA) is 0 Å². The first kappa shape index (κ1) is 47.4. The standard InChI is InChI=1S/2C26H25.2CH3.2ClH.Si.Zr/c2*1-26(14-4-5-15-26)18-19-16-21-10-7-13-24(25(21)17-19)23-12-6-9-20-8-2-3-11-22(20)23;;;;;;/h2*2-3,6-13,16-17H,4-5,14-15,18H2,1H3;2*1H3;2*1H;;/q4*-1;;;;. The van der Waals surface area contributed by atoms with Gasteiger partial charge < -0.3 is 14.9 Å². The Morgan fingerprint density at radius 1 is 0.448 bits per heavy atom. The van der Waals surface area contributed by atoms with Crippen molar-refractivity contribution in [2.45, 2.75) is 78.1 Å². The summed E-state index contributed by atoms with van der Waals surface area (Å²) >= 11 is 1.36. The van der Waals surface area contributed by atoms with Crippen LogP contribution in [0.1, 0.15) is 76.3 Å². The SMILES string of the molecule is CC1(Cc2cc3c(-c4cccc5ccccc45)cccc3[cH-]2)CCCC1.CC1(Cc2cc3c(-c4cccc5ccccc45)cccc3[cH-]2)CCCC1.Cl.Cl.[CH3-].[CH3-].[Si]=[Zr]. The molecule has 2 aliphatic carbocycles. The van der Waals surface area contributed by atoms with E-state index in [0.29, 0.717) is 10.8 Å². The van der Waals surface area contributed by atoms with Gasteiger partial charge in [-0.25, -0.2) is 0 Å². The summed E-state index contributed by atoms with van der Waals surface area (Å²) in [6.07, 6.45) is 13.6. The average Bonchev–Trinajstić information content (AvgIpc) is 4.02. The van der Waals surface area contributed by atoms with Crippen LogP contribution in [0.2, 0.25) is 0 Å². The van der Waals surface area contributed by atoms with Gasteiger partial charge in [0.15, 0.2) is 0 Å². The predicted octanol–water partition coefficient (Wildman–Crippen LogP) is 16.4. The molecule has 300 valence electrons. The molecule has 0 N–H and O–H groups in total. The van der Waals surface area contributed by atoms with Crippen molar-refractivity contribution >= 4 is 74.8 Å². The van der Waals surface area contributed by atoms with E-state index in [0.717, 1.165) is 0 Å². The van der Waals surface area contributed by atoms with Crippen LogP contribution in [-0.4, -0.2) is 6.88 Å². The number of benzene rings is 6. The van der Waals surface area contributed by atoms with Crippen molar-refractivity contribution in [3.63, 3.8) is 0 Å². The van der Waals surface area contributed by atoms with Crippen LogP contribution in [0.15, 0.2) is 146 Å². The Morgan fingerprint density at radius 3 is 1.14 bits per heavy atom. The Labute approximate surface area is 378 Å². The second kappa shape index (κ2) is 20.8. The molecule has 10 rings (SSSR count). The van der Waals surface area contributed by atoms with Gasteiger partial charge in [0, 0.05) is 0 Å². The van der Waals surface area contributed by atoms with Gasteiger partial charge >= 0.3 is 30.2 Å². The summed E-state index contributed by atoms with van der Waals surface area (Å²) in [5.41, 5.74) is 9.45. The van der Waals surface area contributed by atoms with E-state index in [1.165, 1.54) is 164 Å². The van der Waals surface area contributed by atoms with Crippen LogP contribution >= 0.6 is 24.8 Å². The summed E-state index contributed by atoms with van der Waals surface area (Å²) in [6.45, 7) is 8.01. The molecule has 4 heteroatoms. The van der Waals surface area contributed by atoms with Crippen molar-refractivity contribution in [2.24, 2.45) is 10.8 Å². The fourth-order valence-corrected chi connectivity index (χ4v) is 9.98. The van der Waals surface area contributed by atoms with Gasteiger partial charge in [0.2, 0.25) is 0 Å². The van der Waals surface area contributed by atoms with Crippen LogP contribution in [0, 0.1) is 25.7 Å². The van der Waals surface area contributed by atoms with Crippen molar-refractivity contribution < 1.29 is 23.3 Å².